The van der Waals surface area contributed by atoms with Crippen molar-refractivity contribution in [3.8, 4) is 11.8 Å². The quantitative estimate of drug-likeness (QED) is 0.518. The Morgan fingerprint density at radius 1 is 1.13 bits per heavy atom. The first-order valence-electron chi connectivity index (χ1n) is 10.0. The zero-order valence-corrected chi connectivity index (χ0v) is 17.8. The molecule has 3 rings (SSSR count). The number of rotatable bonds is 7. The van der Waals surface area contributed by atoms with Crippen molar-refractivity contribution in [1.29, 1.82) is 5.26 Å². The van der Waals surface area contributed by atoms with Crippen LogP contribution < -0.4 is 4.74 Å². The predicted molar refractivity (Wildman–Crippen MR) is 115 cm³/mol. The lowest BCUT2D eigenvalue weighted by molar-refractivity contribution is 0.0665. The first-order chi connectivity index (χ1) is 14.4. The lowest BCUT2D eigenvalue weighted by Gasteiger charge is -2.27. The van der Waals surface area contributed by atoms with Crippen LogP contribution in [0.15, 0.2) is 59.0 Å². The third kappa shape index (κ3) is 4.72. The molecule has 0 aliphatic rings. The van der Waals surface area contributed by atoms with Crippen molar-refractivity contribution in [2.24, 2.45) is 0 Å². The Kier molecular flexibility index (Phi) is 6.58. The molecule has 0 saturated carbocycles. The standard InChI is InChI=1S/C25H26N2O3/c1-5-27(19(4)21-9-7-20(15-26)8-10-21)25(28)24-13-11-22(30-24)16-29-23-12-6-17(2)14-18(23)3/h6-14,19H,5,16H2,1-4H3. The highest BCUT2D eigenvalue weighted by molar-refractivity contribution is 5.91. The van der Waals surface area contributed by atoms with Crippen molar-refractivity contribution >= 4 is 5.91 Å². The van der Waals surface area contributed by atoms with Crippen LogP contribution in [0.3, 0.4) is 0 Å². The summed E-state index contributed by atoms with van der Waals surface area (Å²) in [6, 6.07) is 18.7. The second-order valence-electron chi connectivity index (χ2n) is 7.32. The van der Waals surface area contributed by atoms with Gasteiger partial charge >= 0.3 is 0 Å². The van der Waals surface area contributed by atoms with E-state index in [2.05, 4.69) is 12.1 Å². The van der Waals surface area contributed by atoms with Crippen molar-refractivity contribution in [3.63, 3.8) is 0 Å². The lowest BCUT2D eigenvalue weighted by Crippen LogP contribution is -2.33. The second kappa shape index (κ2) is 9.32. The highest BCUT2D eigenvalue weighted by Crippen LogP contribution is 2.24. The van der Waals surface area contributed by atoms with Gasteiger partial charge in [0, 0.05) is 6.54 Å². The molecule has 1 unspecified atom stereocenters. The van der Waals surface area contributed by atoms with E-state index in [1.165, 1.54) is 5.56 Å². The molecule has 0 bridgehead atoms. The summed E-state index contributed by atoms with van der Waals surface area (Å²) in [5.74, 6) is 1.51. The van der Waals surface area contributed by atoms with Gasteiger partial charge in [-0.25, -0.2) is 0 Å². The molecule has 0 aliphatic carbocycles. The van der Waals surface area contributed by atoms with Crippen LogP contribution in [0.2, 0.25) is 0 Å². The number of benzene rings is 2. The Morgan fingerprint density at radius 3 is 2.50 bits per heavy atom. The largest absolute Gasteiger partial charge is 0.485 e. The SMILES string of the molecule is CCN(C(=O)c1ccc(COc2ccc(C)cc2C)o1)C(C)c1ccc(C#N)cc1. The number of hydrogen-bond acceptors (Lipinski definition) is 4. The number of ether oxygens (including phenoxy) is 1. The number of nitriles is 1. The summed E-state index contributed by atoms with van der Waals surface area (Å²) in [6.07, 6.45) is 0. The van der Waals surface area contributed by atoms with Crippen molar-refractivity contribution in [3.05, 3.63) is 88.4 Å². The molecule has 0 spiro atoms. The van der Waals surface area contributed by atoms with Gasteiger partial charge in [0.25, 0.3) is 5.91 Å². The topological polar surface area (TPSA) is 66.5 Å². The molecule has 1 heterocycles. The number of furan rings is 1. The number of carbonyl (C=O) groups is 1. The fourth-order valence-electron chi connectivity index (χ4n) is 3.43. The monoisotopic (exact) mass is 402 g/mol. The summed E-state index contributed by atoms with van der Waals surface area (Å²) in [5, 5.41) is 8.97. The van der Waals surface area contributed by atoms with E-state index in [9.17, 15) is 4.79 Å². The van der Waals surface area contributed by atoms with E-state index in [0.29, 0.717) is 17.9 Å². The summed E-state index contributed by atoms with van der Waals surface area (Å²) in [4.78, 5) is 14.8. The molecule has 5 nitrogen and oxygen atoms in total. The van der Waals surface area contributed by atoms with Gasteiger partial charge in [0.2, 0.25) is 0 Å². The molecule has 2 aromatic carbocycles. The summed E-state index contributed by atoms with van der Waals surface area (Å²) < 4.78 is 11.6. The molecular weight excluding hydrogens is 376 g/mol. The number of nitrogens with zero attached hydrogens (tertiary/aromatic N) is 2. The zero-order valence-electron chi connectivity index (χ0n) is 17.8. The first kappa shape index (κ1) is 21.2. The minimum atomic E-state index is -0.174. The average Bonchev–Trinajstić information content (AvgIpc) is 3.22. The maximum Gasteiger partial charge on any atom is 0.290 e. The zero-order chi connectivity index (χ0) is 21.7. The molecule has 30 heavy (non-hydrogen) atoms. The van der Waals surface area contributed by atoms with Crippen LogP contribution in [-0.4, -0.2) is 17.4 Å². The molecule has 0 radical (unpaired) electrons. The number of aryl methyl sites for hydroxylation is 2. The van der Waals surface area contributed by atoms with Gasteiger partial charge in [-0.1, -0.05) is 29.8 Å². The van der Waals surface area contributed by atoms with E-state index in [1.54, 1.807) is 29.2 Å². The molecule has 1 aromatic heterocycles. The second-order valence-corrected chi connectivity index (χ2v) is 7.32. The fraction of sp³-hybridized carbons (Fsp3) is 0.280. The maximum atomic E-state index is 13.0. The van der Waals surface area contributed by atoms with Crippen LogP contribution in [-0.2, 0) is 6.61 Å². The Bertz CT molecular complexity index is 1060. The van der Waals surface area contributed by atoms with E-state index in [-0.39, 0.29) is 24.3 Å². The number of carbonyl (C=O) groups excluding carboxylic acids is 1. The average molecular weight is 402 g/mol. The van der Waals surface area contributed by atoms with Gasteiger partial charge in [0.15, 0.2) is 5.76 Å². The lowest BCUT2D eigenvalue weighted by atomic mass is 10.0. The van der Waals surface area contributed by atoms with Crippen LogP contribution in [0, 0.1) is 25.2 Å². The molecule has 0 saturated heterocycles. The normalized spacial score (nSPS) is 11.6. The van der Waals surface area contributed by atoms with Crippen molar-refractivity contribution < 1.29 is 13.9 Å². The molecule has 5 heteroatoms. The molecule has 0 N–H and O–H groups in total. The number of amides is 1. The van der Waals surface area contributed by atoms with Gasteiger partial charge in [-0.3, -0.25) is 4.79 Å². The Labute approximate surface area is 177 Å². The molecule has 154 valence electrons. The molecule has 0 fully saturated rings. The van der Waals surface area contributed by atoms with Crippen LogP contribution in [0.5, 0.6) is 5.75 Å². The minimum Gasteiger partial charge on any atom is -0.485 e. The summed E-state index contributed by atoms with van der Waals surface area (Å²) in [7, 11) is 0. The summed E-state index contributed by atoms with van der Waals surface area (Å²) in [5.41, 5.74) is 3.81. The predicted octanol–water partition coefficient (Wildman–Crippen LogP) is 5.57. The Morgan fingerprint density at radius 2 is 1.87 bits per heavy atom. The van der Waals surface area contributed by atoms with E-state index < -0.39 is 0 Å². The third-order valence-electron chi connectivity index (χ3n) is 5.16. The van der Waals surface area contributed by atoms with Gasteiger partial charge in [0.1, 0.15) is 18.1 Å². The van der Waals surface area contributed by atoms with Gasteiger partial charge in [0.05, 0.1) is 17.7 Å². The Hall–Kier alpha value is -3.52. The van der Waals surface area contributed by atoms with E-state index in [1.807, 2.05) is 52.0 Å². The van der Waals surface area contributed by atoms with Crippen molar-refractivity contribution in [2.45, 2.75) is 40.3 Å². The molecule has 1 atom stereocenters. The van der Waals surface area contributed by atoms with Crippen molar-refractivity contribution in [1.82, 2.24) is 4.90 Å². The minimum absolute atomic E-state index is 0.143. The van der Waals surface area contributed by atoms with Crippen LogP contribution in [0.25, 0.3) is 0 Å². The van der Waals surface area contributed by atoms with Crippen LogP contribution in [0.1, 0.15) is 58.5 Å². The van der Waals surface area contributed by atoms with Gasteiger partial charge in [-0.2, -0.15) is 5.26 Å². The Balaban J connectivity index is 1.69. The van der Waals surface area contributed by atoms with Crippen molar-refractivity contribution in [2.75, 3.05) is 6.54 Å². The molecule has 1 amide bonds. The van der Waals surface area contributed by atoms with E-state index in [0.717, 1.165) is 16.9 Å². The van der Waals surface area contributed by atoms with Crippen LogP contribution in [0.4, 0.5) is 0 Å². The van der Waals surface area contributed by atoms with Crippen LogP contribution >= 0.6 is 0 Å². The highest BCUT2D eigenvalue weighted by atomic mass is 16.5. The third-order valence-corrected chi connectivity index (χ3v) is 5.16. The number of hydrogen-bond donors (Lipinski definition) is 0. The van der Waals surface area contributed by atoms with Gasteiger partial charge < -0.3 is 14.1 Å². The van der Waals surface area contributed by atoms with E-state index >= 15 is 0 Å². The highest BCUT2D eigenvalue weighted by Gasteiger charge is 2.24. The smallest absolute Gasteiger partial charge is 0.290 e. The maximum absolute atomic E-state index is 13.0. The molecule has 3 aromatic rings. The van der Waals surface area contributed by atoms with E-state index in [4.69, 9.17) is 14.4 Å². The summed E-state index contributed by atoms with van der Waals surface area (Å²) in [6.45, 7) is 8.74. The fourth-order valence-corrected chi connectivity index (χ4v) is 3.43. The summed E-state index contributed by atoms with van der Waals surface area (Å²) >= 11 is 0. The molecular formula is C25H26N2O3. The molecule has 0 aliphatic heterocycles. The van der Waals surface area contributed by atoms with Gasteiger partial charge in [-0.05, 0) is 69.2 Å². The first-order valence-corrected chi connectivity index (χ1v) is 10.0. The van der Waals surface area contributed by atoms with Gasteiger partial charge in [-0.15, -0.1) is 0 Å².